The first-order valence-electron chi connectivity index (χ1n) is 10.1. The molecule has 4 rings (SSSR count). The molecule has 2 aliphatic heterocycles. The van der Waals surface area contributed by atoms with Gasteiger partial charge in [-0.15, -0.1) is 0 Å². The first-order chi connectivity index (χ1) is 14.4. The predicted octanol–water partition coefficient (Wildman–Crippen LogP) is 1.06. The number of alkyl halides is 1. The third-order valence-electron chi connectivity index (χ3n) is 5.86. The van der Waals surface area contributed by atoms with Gasteiger partial charge in [0.25, 0.3) is 5.91 Å². The Labute approximate surface area is 174 Å². The lowest BCUT2D eigenvalue weighted by atomic mass is 10.00. The van der Waals surface area contributed by atoms with E-state index in [0.29, 0.717) is 31.9 Å². The summed E-state index contributed by atoms with van der Waals surface area (Å²) in [5.74, 6) is 0.0709. The van der Waals surface area contributed by atoms with Crippen LogP contribution >= 0.6 is 0 Å². The van der Waals surface area contributed by atoms with Crippen molar-refractivity contribution >= 4 is 11.8 Å². The van der Waals surface area contributed by atoms with Crippen LogP contribution in [0.5, 0.6) is 0 Å². The standard InChI is InChI=1S/C21H26FN5O3/c1-13-16(14(2)30-25-13)12-17(28)26-8-10-27(11-9-26)21-23-19(18(22)20(29)24-21)15-6-4-3-5-7-15/h3-7,18-19,21,23H,8-12H2,1-2H3,(H,24,29). The second-order valence-corrected chi connectivity index (χ2v) is 7.76. The van der Waals surface area contributed by atoms with E-state index < -0.39 is 24.4 Å². The lowest BCUT2D eigenvalue weighted by molar-refractivity contribution is -0.138. The highest BCUT2D eigenvalue weighted by molar-refractivity contribution is 5.83. The second-order valence-electron chi connectivity index (χ2n) is 7.76. The number of hydrogen-bond acceptors (Lipinski definition) is 6. The molecule has 2 fully saturated rings. The van der Waals surface area contributed by atoms with Crippen LogP contribution in [0.3, 0.4) is 0 Å². The first kappa shape index (κ1) is 20.5. The number of nitrogens with zero attached hydrogens (tertiary/aromatic N) is 3. The van der Waals surface area contributed by atoms with Crippen LogP contribution in [-0.2, 0) is 16.0 Å². The lowest BCUT2D eigenvalue weighted by Gasteiger charge is -2.43. The number of aryl methyl sites for hydroxylation is 2. The largest absolute Gasteiger partial charge is 0.361 e. The van der Waals surface area contributed by atoms with Crippen molar-refractivity contribution < 1.29 is 18.5 Å². The molecule has 2 aliphatic rings. The SMILES string of the molecule is Cc1noc(C)c1CC(=O)N1CCN(C2NC(=O)C(F)C(c3ccccc3)N2)CC1. The summed E-state index contributed by atoms with van der Waals surface area (Å²) in [4.78, 5) is 28.7. The zero-order valence-corrected chi connectivity index (χ0v) is 17.1. The van der Waals surface area contributed by atoms with Crippen molar-refractivity contribution in [1.82, 2.24) is 25.6 Å². The molecule has 8 nitrogen and oxygen atoms in total. The van der Waals surface area contributed by atoms with E-state index in [-0.39, 0.29) is 12.3 Å². The molecule has 30 heavy (non-hydrogen) atoms. The summed E-state index contributed by atoms with van der Waals surface area (Å²) in [6, 6.07) is 8.43. The van der Waals surface area contributed by atoms with E-state index in [1.54, 1.807) is 11.8 Å². The molecule has 0 saturated carbocycles. The Morgan fingerprint density at radius 2 is 1.90 bits per heavy atom. The maximum atomic E-state index is 14.5. The molecular weight excluding hydrogens is 389 g/mol. The van der Waals surface area contributed by atoms with Gasteiger partial charge in [0.2, 0.25) is 5.91 Å². The van der Waals surface area contributed by atoms with Crippen molar-refractivity contribution in [3.63, 3.8) is 0 Å². The van der Waals surface area contributed by atoms with Crippen LogP contribution in [0.25, 0.3) is 0 Å². The zero-order chi connectivity index (χ0) is 21.3. The van der Waals surface area contributed by atoms with E-state index in [4.69, 9.17) is 4.52 Å². The van der Waals surface area contributed by atoms with Crippen molar-refractivity contribution in [1.29, 1.82) is 0 Å². The predicted molar refractivity (Wildman–Crippen MR) is 107 cm³/mol. The highest BCUT2D eigenvalue weighted by Gasteiger charge is 2.40. The normalized spacial score (nSPS) is 25.2. The Morgan fingerprint density at radius 1 is 1.20 bits per heavy atom. The Bertz CT molecular complexity index is 891. The molecule has 2 aromatic rings. The van der Waals surface area contributed by atoms with Gasteiger partial charge in [-0.3, -0.25) is 19.8 Å². The van der Waals surface area contributed by atoms with E-state index in [0.717, 1.165) is 16.8 Å². The van der Waals surface area contributed by atoms with Crippen LogP contribution in [0.1, 0.15) is 28.6 Å². The lowest BCUT2D eigenvalue weighted by Crippen LogP contribution is -2.67. The Morgan fingerprint density at radius 3 is 2.53 bits per heavy atom. The highest BCUT2D eigenvalue weighted by atomic mass is 19.1. The quantitative estimate of drug-likeness (QED) is 0.776. The number of hydrogen-bond donors (Lipinski definition) is 2. The molecule has 0 aliphatic carbocycles. The molecule has 3 unspecified atom stereocenters. The van der Waals surface area contributed by atoms with Crippen molar-refractivity contribution in [2.24, 2.45) is 0 Å². The summed E-state index contributed by atoms with van der Waals surface area (Å²) >= 11 is 0. The minimum Gasteiger partial charge on any atom is -0.361 e. The first-order valence-corrected chi connectivity index (χ1v) is 10.1. The molecule has 9 heteroatoms. The van der Waals surface area contributed by atoms with Crippen molar-refractivity contribution in [2.45, 2.75) is 38.8 Å². The van der Waals surface area contributed by atoms with Gasteiger partial charge in [0.05, 0.1) is 18.2 Å². The third-order valence-corrected chi connectivity index (χ3v) is 5.86. The number of carbonyl (C=O) groups excluding carboxylic acids is 2. The summed E-state index contributed by atoms with van der Waals surface area (Å²) in [5.41, 5.74) is 2.31. The fraction of sp³-hybridized carbons (Fsp3) is 0.476. The number of amides is 2. The van der Waals surface area contributed by atoms with Crippen LogP contribution < -0.4 is 10.6 Å². The van der Waals surface area contributed by atoms with Gasteiger partial charge in [-0.2, -0.15) is 0 Å². The molecule has 1 aromatic heterocycles. The van der Waals surface area contributed by atoms with Crippen LogP contribution in [0.15, 0.2) is 34.9 Å². The molecule has 3 heterocycles. The summed E-state index contributed by atoms with van der Waals surface area (Å²) in [6.07, 6.45) is -1.87. The third kappa shape index (κ3) is 4.08. The Balaban J connectivity index is 1.36. The van der Waals surface area contributed by atoms with E-state index in [1.165, 1.54) is 0 Å². The fourth-order valence-electron chi connectivity index (χ4n) is 4.03. The van der Waals surface area contributed by atoms with E-state index in [2.05, 4.69) is 15.8 Å². The number of benzene rings is 1. The van der Waals surface area contributed by atoms with Gasteiger partial charge in [-0.25, -0.2) is 4.39 Å². The van der Waals surface area contributed by atoms with Gasteiger partial charge < -0.3 is 14.7 Å². The van der Waals surface area contributed by atoms with Crippen LogP contribution in [0.4, 0.5) is 4.39 Å². The summed E-state index contributed by atoms with van der Waals surface area (Å²) in [6.45, 7) is 5.85. The fourth-order valence-corrected chi connectivity index (χ4v) is 4.03. The zero-order valence-electron chi connectivity index (χ0n) is 17.1. The second kappa shape index (κ2) is 8.53. The molecule has 160 valence electrons. The van der Waals surface area contributed by atoms with Crippen LogP contribution in [0, 0.1) is 13.8 Å². The number of aromatic nitrogens is 1. The molecule has 1 aromatic carbocycles. The number of piperazine rings is 1. The van der Waals surface area contributed by atoms with Gasteiger partial charge in [0, 0.05) is 31.7 Å². The summed E-state index contributed by atoms with van der Waals surface area (Å²) in [5, 5.41) is 9.82. The number of carbonyl (C=O) groups is 2. The number of nitrogens with one attached hydrogen (secondary N) is 2. The molecule has 2 amide bonds. The molecule has 0 radical (unpaired) electrons. The van der Waals surface area contributed by atoms with Crippen LogP contribution in [0.2, 0.25) is 0 Å². The molecular formula is C21H26FN5O3. The van der Waals surface area contributed by atoms with E-state index in [1.807, 2.05) is 42.2 Å². The van der Waals surface area contributed by atoms with Gasteiger partial charge in [-0.05, 0) is 19.4 Å². The number of rotatable bonds is 4. The van der Waals surface area contributed by atoms with E-state index >= 15 is 0 Å². The Kier molecular flexibility index (Phi) is 5.83. The molecule has 0 spiro atoms. The minimum atomic E-state index is -1.65. The summed E-state index contributed by atoms with van der Waals surface area (Å²) < 4.78 is 19.7. The molecule has 2 N–H and O–H groups in total. The molecule has 0 bridgehead atoms. The van der Waals surface area contributed by atoms with Gasteiger partial charge in [0.15, 0.2) is 6.17 Å². The van der Waals surface area contributed by atoms with Gasteiger partial charge >= 0.3 is 0 Å². The maximum Gasteiger partial charge on any atom is 0.258 e. The number of halogens is 1. The Hall–Kier alpha value is -2.78. The average molecular weight is 415 g/mol. The van der Waals surface area contributed by atoms with Crippen molar-refractivity contribution in [3.8, 4) is 0 Å². The molecule has 3 atom stereocenters. The van der Waals surface area contributed by atoms with E-state index in [9.17, 15) is 14.0 Å². The van der Waals surface area contributed by atoms with Crippen LogP contribution in [-0.4, -0.2) is 65.4 Å². The summed E-state index contributed by atoms with van der Waals surface area (Å²) in [7, 11) is 0. The average Bonchev–Trinajstić information content (AvgIpc) is 3.08. The van der Waals surface area contributed by atoms with Gasteiger partial charge in [0.1, 0.15) is 12.0 Å². The van der Waals surface area contributed by atoms with Gasteiger partial charge in [-0.1, -0.05) is 35.5 Å². The smallest absolute Gasteiger partial charge is 0.258 e. The topological polar surface area (TPSA) is 90.7 Å². The van der Waals surface area contributed by atoms with Crippen molar-refractivity contribution in [2.75, 3.05) is 26.2 Å². The molecule has 2 saturated heterocycles. The minimum absolute atomic E-state index is 0.0238. The highest BCUT2D eigenvalue weighted by Crippen LogP contribution is 2.24. The monoisotopic (exact) mass is 415 g/mol. The van der Waals surface area contributed by atoms with Crippen molar-refractivity contribution in [3.05, 3.63) is 52.9 Å². The maximum absolute atomic E-state index is 14.5.